The molecule has 0 unspecified atom stereocenters. The number of nitrogens with one attached hydrogen (secondary N) is 1. The van der Waals surface area contributed by atoms with Crippen LogP contribution < -0.4 is 5.32 Å². The smallest absolute Gasteiger partial charge is 0.248 e. The molecule has 0 aromatic heterocycles. The Morgan fingerprint density at radius 2 is 1.89 bits per heavy atom. The fraction of sp³-hybridized carbons (Fsp3) is 0.933. The molecule has 1 fully saturated rings. The van der Waals surface area contributed by atoms with Crippen LogP contribution in [0.2, 0.25) is 0 Å². The summed E-state index contributed by atoms with van der Waals surface area (Å²) in [5, 5.41) is 3.18. The third-order valence-electron chi connectivity index (χ3n) is 3.81. The van der Waals surface area contributed by atoms with Crippen LogP contribution in [0.1, 0.15) is 47.5 Å². The summed E-state index contributed by atoms with van der Waals surface area (Å²) in [4.78, 5) is 14.4. The number of carbonyl (C=O) groups excluding carboxylic acids is 1. The highest BCUT2D eigenvalue weighted by Crippen LogP contribution is 2.17. The Bertz CT molecular complexity index is 284. The molecule has 0 bridgehead atoms. The highest BCUT2D eigenvalue weighted by atomic mass is 16.5. The highest BCUT2D eigenvalue weighted by molar-refractivity contribution is 5.77. The number of carbonyl (C=O) groups is 1. The number of hydrogen-bond acceptors (Lipinski definition) is 3. The first-order valence-electron chi connectivity index (χ1n) is 7.56. The molecular formula is C15H30N2O2. The van der Waals surface area contributed by atoms with Gasteiger partial charge in [0.05, 0.1) is 5.60 Å². The molecule has 4 heteroatoms. The summed E-state index contributed by atoms with van der Waals surface area (Å²) >= 11 is 0. The lowest BCUT2D eigenvalue weighted by molar-refractivity contribution is -0.149. The van der Waals surface area contributed by atoms with Crippen molar-refractivity contribution in [2.45, 2.75) is 59.1 Å². The molecule has 0 saturated carbocycles. The van der Waals surface area contributed by atoms with Crippen LogP contribution in [0.4, 0.5) is 0 Å². The Hall–Kier alpha value is -0.610. The van der Waals surface area contributed by atoms with Gasteiger partial charge in [-0.3, -0.25) is 4.79 Å². The first-order chi connectivity index (χ1) is 8.91. The number of hydrogen-bond donors (Lipinski definition) is 1. The minimum Gasteiger partial charge on any atom is -0.363 e. The first kappa shape index (κ1) is 16.4. The Labute approximate surface area is 117 Å². The quantitative estimate of drug-likeness (QED) is 0.734. The highest BCUT2D eigenvalue weighted by Gasteiger charge is 2.34. The van der Waals surface area contributed by atoms with Gasteiger partial charge in [0.25, 0.3) is 0 Å². The maximum atomic E-state index is 12.4. The van der Waals surface area contributed by atoms with Crippen molar-refractivity contribution in [3.05, 3.63) is 0 Å². The third kappa shape index (κ3) is 4.77. The lowest BCUT2D eigenvalue weighted by Crippen LogP contribution is -2.60. The first-order valence-corrected chi connectivity index (χ1v) is 7.56. The SMILES string of the molecule is CCC(CC)N(CC(C)C)C(=O)COC1(C)CNC1. The van der Waals surface area contributed by atoms with Crippen LogP contribution in [0.5, 0.6) is 0 Å². The minimum absolute atomic E-state index is 0.135. The molecule has 1 amide bonds. The van der Waals surface area contributed by atoms with Crippen LogP contribution >= 0.6 is 0 Å². The van der Waals surface area contributed by atoms with Crippen molar-refractivity contribution in [3.63, 3.8) is 0 Å². The van der Waals surface area contributed by atoms with Crippen LogP contribution in [0.3, 0.4) is 0 Å². The zero-order chi connectivity index (χ0) is 14.5. The lowest BCUT2D eigenvalue weighted by Gasteiger charge is -2.40. The summed E-state index contributed by atoms with van der Waals surface area (Å²) in [7, 11) is 0. The number of nitrogens with zero attached hydrogens (tertiary/aromatic N) is 1. The molecule has 0 radical (unpaired) electrons. The van der Waals surface area contributed by atoms with E-state index >= 15 is 0 Å². The predicted molar refractivity (Wildman–Crippen MR) is 78.1 cm³/mol. The van der Waals surface area contributed by atoms with Gasteiger partial charge in [-0.2, -0.15) is 0 Å². The van der Waals surface area contributed by atoms with Gasteiger partial charge in [0.2, 0.25) is 5.91 Å². The summed E-state index contributed by atoms with van der Waals surface area (Å²) in [6.45, 7) is 13.4. The topological polar surface area (TPSA) is 41.6 Å². The molecule has 0 spiro atoms. The van der Waals surface area contributed by atoms with Gasteiger partial charge in [-0.05, 0) is 25.7 Å². The summed E-state index contributed by atoms with van der Waals surface area (Å²) < 4.78 is 5.78. The molecule has 0 aromatic carbocycles. The average Bonchev–Trinajstić information content (AvgIpc) is 2.33. The molecule has 1 N–H and O–H groups in total. The van der Waals surface area contributed by atoms with Crippen molar-refractivity contribution in [1.29, 1.82) is 0 Å². The number of amides is 1. The van der Waals surface area contributed by atoms with E-state index in [-0.39, 0.29) is 18.1 Å². The van der Waals surface area contributed by atoms with Crippen LogP contribution in [0.15, 0.2) is 0 Å². The minimum atomic E-state index is -0.146. The molecule has 0 atom stereocenters. The molecule has 0 aliphatic carbocycles. The van der Waals surface area contributed by atoms with Gasteiger partial charge >= 0.3 is 0 Å². The zero-order valence-electron chi connectivity index (χ0n) is 13.2. The predicted octanol–water partition coefficient (Wildman–Crippen LogP) is 2.04. The zero-order valence-corrected chi connectivity index (χ0v) is 13.2. The van der Waals surface area contributed by atoms with Gasteiger partial charge in [-0.1, -0.05) is 27.7 Å². The fourth-order valence-corrected chi connectivity index (χ4v) is 2.48. The fourth-order valence-electron chi connectivity index (χ4n) is 2.48. The van der Waals surface area contributed by atoms with Gasteiger partial charge in [0, 0.05) is 25.7 Å². The molecule has 1 rings (SSSR count). The second-order valence-corrected chi connectivity index (χ2v) is 6.25. The Balaban J connectivity index is 2.54. The van der Waals surface area contributed by atoms with E-state index in [1.165, 1.54) is 0 Å². The average molecular weight is 270 g/mol. The van der Waals surface area contributed by atoms with Crippen LogP contribution in [0, 0.1) is 5.92 Å². The maximum absolute atomic E-state index is 12.4. The summed E-state index contributed by atoms with van der Waals surface area (Å²) in [5.74, 6) is 0.626. The molecule has 1 saturated heterocycles. The van der Waals surface area contributed by atoms with Gasteiger partial charge < -0.3 is 15.0 Å². The molecule has 0 aromatic rings. The summed E-state index contributed by atoms with van der Waals surface area (Å²) in [6, 6.07) is 0.339. The van der Waals surface area contributed by atoms with E-state index in [1.807, 2.05) is 4.90 Å². The van der Waals surface area contributed by atoms with E-state index in [0.717, 1.165) is 32.5 Å². The molecule has 1 heterocycles. The molecule has 1 aliphatic rings. The van der Waals surface area contributed by atoms with Gasteiger partial charge in [-0.25, -0.2) is 0 Å². The van der Waals surface area contributed by atoms with Gasteiger partial charge in [0.1, 0.15) is 6.61 Å². The van der Waals surface area contributed by atoms with Crippen molar-refractivity contribution in [1.82, 2.24) is 10.2 Å². The molecule has 19 heavy (non-hydrogen) atoms. The van der Waals surface area contributed by atoms with E-state index in [1.54, 1.807) is 0 Å². The molecule has 1 aliphatic heterocycles. The second kappa shape index (κ2) is 7.25. The van der Waals surface area contributed by atoms with E-state index in [4.69, 9.17) is 4.74 Å². The van der Waals surface area contributed by atoms with Crippen molar-refractivity contribution >= 4 is 5.91 Å². The third-order valence-corrected chi connectivity index (χ3v) is 3.81. The Kier molecular flexibility index (Phi) is 6.27. The number of ether oxygens (including phenoxy) is 1. The monoisotopic (exact) mass is 270 g/mol. The number of rotatable bonds is 8. The normalized spacial score (nSPS) is 17.6. The van der Waals surface area contributed by atoms with Gasteiger partial charge in [-0.15, -0.1) is 0 Å². The van der Waals surface area contributed by atoms with Crippen LogP contribution in [0.25, 0.3) is 0 Å². The van der Waals surface area contributed by atoms with E-state index < -0.39 is 0 Å². The van der Waals surface area contributed by atoms with Crippen molar-refractivity contribution in [2.75, 3.05) is 26.2 Å². The Morgan fingerprint density at radius 3 is 2.26 bits per heavy atom. The van der Waals surface area contributed by atoms with Crippen LogP contribution in [-0.4, -0.2) is 48.7 Å². The molecule has 112 valence electrons. The van der Waals surface area contributed by atoms with Gasteiger partial charge in [0.15, 0.2) is 0 Å². The second-order valence-electron chi connectivity index (χ2n) is 6.25. The van der Waals surface area contributed by atoms with Crippen molar-refractivity contribution < 1.29 is 9.53 Å². The maximum Gasteiger partial charge on any atom is 0.248 e. The van der Waals surface area contributed by atoms with E-state index in [2.05, 4.69) is 39.9 Å². The molecule has 4 nitrogen and oxygen atoms in total. The lowest BCUT2D eigenvalue weighted by atomic mass is 10.0. The van der Waals surface area contributed by atoms with Crippen LogP contribution in [-0.2, 0) is 9.53 Å². The summed E-state index contributed by atoms with van der Waals surface area (Å²) in [6.07, 6.45) is 2.02. The van der Waals surface area contributed by atoms with E-state index in [0.29, 0.717) is 12.0 Å². The standard InChI is InChI=1S/C15H30N2O2/c1-6-13(7-2)17(8-12(3)4)14(18)9-19-15(5)10-16-11-15/h12-13,16H,6-11H2,1-5H3. The van der Waals surface area contributed by atoms with Crippen molar-refractivity contribution in [2.24, 2.45) is 5.92 Å². The molecular weight excluding hydrogens is 240 g/mol. The van der Waals surface area contributed by atoms with E-state index in [9.17, 15) is 4.79 Å². The van der Waals surface area contributed by atoms with Crippen molar-refractivity contribution in [3.8, 4) is 0 Å². The summed E-state index contributed by atoms with van der Waals surface area (Å²) in [5.41, 5.74) is -0.146. The largest absolute Gasteiger partial charge is 0.363 e. The Morgan fingerprint density at radius 1 is 1.32 bits per heavy atom.